The number of fused-ring (bicyclic) bond motifs is 1. The van der Waals surface area contributed by atoms with Crippen molar-refractivity contribution in [3.05, 3.63) is 76.5 Å². The van der Waals surface area contributed by atoms with Crippen LogP contribution in [-0.4, -0.2) is 13.0 Å². The van der Waals surface area contributed by atoms with E-state index in [1.165, 1.54) is 0 Å². The van der Waals surface area contributed by atoms with Crippen molar-refractivity contribution in [2.75, 3.05) is 17.3 Å². The van der Waals surface area contributed by atoms with Gasteiger partial charge in [-0.1, -0.05) is 24.3 Å². The van der Waals surface area contributed by atoms with Crippen LogP contribution in [0.1, 0.15) is 22.1 Å². The van der Waals surface area contributed by atoms with Crippen molar-refractivity contribution >= 4 is 28.6 Å². The molecule has 4 nitrogen and oxygen atoms in total. The number of rotatable bonds is 3. The Balaban J connectivity index is 1.89. The van der Waals surface area contributed by atoms with E-state index in [2.05, 4.69) is 10.7 Å². The predicted octanol–water partition coefficient (Wildman–Crippen LogP) is 4.53. The second kappa shape index (κ2) is 6.02. The molecule has 2 aromatic carbocycles. The minimum Gasteiger partial charge on any atom is -0.495 e. The fraction of sp³-hybridized carbons (Fsp3) is 0.105. The molecule has 1 N–H and O–H groups in total. The summed E-state index contributed by atoms with van der Waals surface area (Å²) in [6, 6.07) is 17.2. The number of ether oxygens (including phenoxy) is 1. The lowest BCUT2D eigenvalue weighted by Crippen LogP contribution is -2.43. The molecule has 5 heteroatoms. The molecule has 120 valence electrons. The molecular weight excluding hydrogens is 320 g/mol. The van der Waals surface area contributed by atoms with E-state index in [0.717, 1.165) is 16.9 Å². The van der Waals surface area contributed by atoms with Crippen molar-refractivity contribution in [2.24, 2.45) is 0 Å². The predicted molar refractivity (Wildman–Crippen MR) is 96.9 cm³/mol. The van der Waals surface area contributed by atoms with Gasteiger partial charge in [0, 0.05) is 11.3 Å². The Labute approximate surface area is 144 Å². The normalized spacial score (nSPS) is 16.5. The third kappa shape index (κ3) is 2.34. The first-order valence-electron chi connectivity index (χ1n) is 7.64. The zero-order valence-corrected chi connectivity index (χ0v) is 13.9. The summed E-state index contributed by atoms with van der Waals surface area (Å²) >= 11 is 1.61. The van der Waals surface area contributed by atoms with Crippen molar-refractivity contribution in [3.8, 4) is 5.75 Å². The number of hydrogen-bond acceptors (Lipinski definition) is 4. The molecule has 3 aromatic rings. The van der Waals surface area contributed by atoms with E-state index in [-0.39, 0.29) is 12.1 Å². The molecule has 1 atom stereocenters. The molecule has 1 aromatic heterocycles. The lowest BCUT2D eigenvalue weighted by molar-refractivity contribution is 0.0974. The van der Waals surface area contributed by atoms with Crippen LogP contribution >= 0.6 is 11.3 Å². The van der Waals surface area contributed by atoms with E-state index in [9.17, 15) is 4.79 Å². The molecule has 0 radical (unpaired) electrons. The Morgan fingerprint density at radius 1 is 1.08 bits per heavy atom. The van der Waals surface area contributed by atoms with Gasteiger partial charge in [0.15, 0.2) is 0 Å². The molecule has 24 heavy (non-hydrogen) atoms. The number of carbonyl (C=O) groups is 1. The molecule has 4 rings (SSSR count). The summed E-state index contributed by atoms with van der Waals surface area (Å²) in [5.74, 6) is 0.636. The summed E-state index contributed by atoms with van der Waals surface area (Å²) in [5, 5.41) is 7.56. The van der Waals surface area contributed by atoms with E-state index in [1.807, 2.05) is 60.0 Å². The SMILES string of the molecule is COc1ccccc1N1C(=O)c2ccccc2N[C@@H]1c1ccsc1. The van der Waals surface area contributed by atoms with Crippen molar-refractivity contribution in [2.45, 2.75) is 6.17 Å². The first kappa shape index (κ1) is 14.8. The molecule has 0 saturated heterocycles. The molecule has 0 unspecified atom stereocenters. The number of benzene rings is 2. The quantitative estimate of drug-likeness (QED) is 0.764. The molecular formula is C19H16N2O2S. The van der Waals surface area contributed by atoms with Gasteiger partial charge >= 0.3 is 0 Å². The van der Waals surface area contributed by atoms with E-state index >= 15 is 0 Å². The van der Waals surface area contributed by atoms with Gasteiger partial charge in [0.1, 0.15) is 11.9 Å². The second-order valence-electron chi connectivity index (χ2n) is 5.50. The Morgan fingerprint density at radius 2 is 1.88 bits per heavy atom. The van der Waals surface area contributed by atoms with Gasteiger partial charge in [-0.3, -0.25) is 9.69 Å². The maximum absolute atomic E-state index is 13.2. The van der Waals surface area contributed by atoms with Gasteiger partial charge in [-0.2, -0.15) is 11.3 Å². The van der Waals surface area contributed by atoms with Gasteiger partial charge in [0.25, 0.3) is 5.91 Å². The molecule has 1 amide bonds. The highest BCUT2D eigenvalue weighted by molar-refractivity contribution is 7.08. The smallest absolute Gasteiger partial charge is 0.262 e. The minimum absolute atomic E-state index is 0.0370. The Hall–Kier alpha value is -2.79. The van der Waals surface area contributed by atoms with Gasteiger partial charge in [0.2, 0.25) is 0 Å². The van der Waals surface area contributed by atoms with E-state index in [1.54, 1.807) is 23.3 Å². The highest BCUT2D eigenvalue weighted by Gasteiger charge is 2.35. The highest BCUT2D eigenvalue weighted by atomic mass is 32.1. The Morgan fingerprint density at radius 3 is 2.67 bits per heavy atom. The fourth-order valence-electron chi connectivity index (χ4n) is 2.99. The molecule has 2 heterocycles. The van der Waals surface area contributed by atoms with Gasteiger partial charge in [-0.25, -0.2) is 0 Å². The average molecular weight is 336 g/mol. The van der Waals surface area contributed by atoms with Gasteiger partial charge < -0.3 is 10.1 Å². The second-order valence-corrected chi connectivity index (χ2v) is 6.28. The highest BCUT2D eigenvalue weighted by Crippen LogP contribution is 2.40. The van der Waals surface area contributed by atoms with Gasteiger partial charge in [-0.05, 0) is 41.1 Å². The summed E-state index contributed by atoms with van der Waals surface area (Å²) in [7, 11) is 1.62. The van der Waals surface area contributed by atoms with Crippen LogP contribution < -0.4 is 15.0 Å². The maximum atomic E-state index is 13.2. The van der Waals surface area contributed by atoms with Crippen molar-refractivity contribution in [1.29, 1.82) is 0 Å². The maximum Gasteiger partial charge on any atom is 0.262 e. The van der Waals surface area contributed by atoms with E-state index < -0.39 is 0 Å². The molecule has 0 fully saturated rings. The fourth-order valence-corrected chi connectivity index (χ4v) is 3.67. The van der Waals surface area contributed by atoms with E-state index in [4.69, 9.17) is 4.74 Å². The summed E-state index contributed by atoms with van der Waals surface area (Å²) in [6.45, 7) is 0. The Kier molecular flexibility index (Phi) is 3.70. The zero-order valence-electron chi connectivity index (χ0n) is 13.1. The summed E-state index contributed by atoms with van der Waals surface area (Å²) in [5.41, 5.74) is 3.32. The zero-order chi connectivity index (χ0) is 16.5. The van der Waals surface area contributed by atoms with Crippen LogP contribution in [0.15, 0.2) is 65.4 Å². The summed E-state index contributed by atoms with van der Waals surface area (Å²) in [6.07, 6.45) is -0.269. The summed E-state index contributed by atoms with van der Waals surface area (Å²) < 4.78 is 5.48. The van der Waals surface area contributed by atoms with Crippen LogP contribution in [-0.2, 0) is 0 Å². The number of carbonyl (C=O) groups excluding carboxylic acids is 1. The molecule has 1 aliphatic heterocycles. The van der Waals surface area contributed by atoms with Crippen LogP contribution in [0.4, 0.5) is 11.4 Å². The van der Waals surface area contributed by atoms with Crippen LogP contribution in [0.5, 0.6) is 5.75 Å². The number of thiophene rings is 1. The monoisotopic (exact) mass is 336 g/mol. The number of nitrogens with zero attached hydrogens (tertiary/aromatic N) is 1. The molecule has 0 saturated carbocycles. The number of para-hydroxylation sites is 3. The number of hydrogen-bond donors (Lipinski definition) is 1. The lowest BCUT2D eigenvalue weighted by atomic mass is 10.0. The number of amides is 1. The third-order valence-electron chi connectivity index (χ3n) is 4.13. The molecule has 0 bridgehead atoms. The topological polar surface area (TPSA) is 41.6 Å². The van der Waals surface area contributed by atoms with E-state index in [0.29, 0.717) is 11.3 Å². The number of methoxy groups -OCH3 is 1. The first-order valence-corrected chi connectivity index (χ1v) is 8.58. The number of nitrogens with one attached hydrogen (secondary N) is 1. The molecule has 0 aliphatic carbocycles. The van der Waals surface area contributed by atoms with Crippen molar-refractivity contribution in [3.63, 3.8) is 0 Å². The van der Waals surface area contributed by atoms with Gasteiger partial charge in [0.05, 0.1) is 18.4 Å². The number of anilines is 2. The molecule has 1 aliphatic rings. The van der Waals surface area contributed by atoms with Crippen LogP contribution in [0.25, 0.3) is 0 Å². The Bertz CT molecular complexity index is 877. The van der Waals surface area contributed by atoms with Crippen molar-refractivity contribution in [1.82, 2.24) is 0 Å². The average Bonchev–Trinajstić information content (AvgIpc) is 3.16. The summed E-state index contributed by atoms with van der Waals surface area (Å²) in [4.78, 5) is 15.0. The molecule has 0 spiro atoms. The van der Waals surface area contributed by atoms with Crippen LogP contribution in [0.2, 0.25) is 0 Å². The third-order valence-corrected chi connectivity index (χ3v) is 4.83. The minimum atomic E-state index is -0.269. The lowest BCUT2D eigenvalue weighted by Gasteiger charge is -2.38. The first-order chi connectivity index (χ1) is 11.8. The van der Waals surface area contributed by atoms with Crippen LogP contribution in [0.3, 0.4) is 0 Å². The van der Waals surface area contributed by atoms with Gasteiger partial charge in [-0.15, -0.1) is 0 Å². The van der Waals surface area contributed by atoms with Crippen molar-refractivity contribution < 1.29 is 9.53 Å². The largest absolute Gasteiger partial charge is 0.495 e. The standard InChI is InChI=1S/C19H16N2O2S/c1-23-17-9-5-4-8-16(17)21-18(13-10-11-24-12-13)20-15-7-3-2-6-14(15)19(21)22/h2-12,18,20H,1H3/t18-/m0/s1. The van der Waals surface area contributed by atoms with Crippen LogP contribution in [0, 0.1) is 0 Å².